The summed E-state index contributed by atoms with van der Waals surface area (Å²) in [6, 6.07) is 0. The molecule has 1 atom stereocenters. The standard InChI is InChI=1S/C13H22N4O2S2/c1-4-14-13-15-8-10(3)12(16-13)17-6-7-20-9-11(17)21(18,19)5-2/h8,11H,4-7,9H2,1-3H3,(H,14,15,16). The number of thioether (sulfide) groups is 1. The fraction of sp³-hybridized carbons (Fsp3) is 0.692. The summed E-state index contributed by atoms with van der Waals surface area (Å²) >= 11 is 1.68. The van der Waals surface area contributed by atoms with Crippen LogP contribution in [-0.2, 0) is 9.84 Å². The van der Waals surface area contributed by atoms with Gasteiger partial charge in [-0.1, -0.05) is 6.92 Å². The predicted octanol–water partition coefficient (Wildman–Crippen LogP) is 1.53. The highest BCUT2D eigenvalue weighted by molar-refractivity contribution is 8.01. The summed E-state index contributed by atoms with van der Waals surface area (Å²) < 4.78 is 24.7. The van der Waals surface area contributed by atoms with Gasteiger partial charge in [0.05, 0.1) is 0 Å². The minimum absolute atomic E-state index is 0.152. The van der Waals surface area contributed by atoms with Crippen LogP contribution in [0.1, 0.15) is 19.4 Å². The molecule has 0 amide bonds. The van der Waals surface area contributed by atoms with Gasteiger partial charge in [0.2, 0.25) is 5.95 Å². The molecule has 0 bridgehead atoms. The summed E-state index contributed by atoms with van der Waals surface area (Å²) in [5.74, 6) is 2.93. The molecule has 2 heterocycles. The van der Waals surface area contributed by atoms with Crippen molar-refractivity contribution in [2.45, 2.75) is 26.1 Å². The monoisotopic (exact) mass is 330 g/mol. The van der Waals surface area contributed by atoms with Gasteiger partial charge in [-0.3, -0.25) is 0 Å². The third-order valence-corrected chi connectivity index (χ3v) is 6.74. The van der Waals surface area contributed by atoms with Crippen molar-refractivity contribution in [3.63, 3.8) is 0 Å². The first-order chi connectivity index (χ1) is 9.99. The largest absolute Gasteiger partial charge is 0.354 e. The Labute approximate surface area is 130 Å². The van der Waals surface area contributed by atoms with E-state index in [-0.39, 0.29) is 5.75 Å². The quantitative estimate of drug-likeness (QED) is 0.877. The molecule has 1 aromatic heterocycles. The fourth-order valence-electron chi connectivity index (χ4n) is 2.28. The Kier molecular flexibility index (Phi) is 5.32. The van der Waals surface area contributed by atoms with Crippen molar-refractivity contribution in [3.05, 3.63) is 11.8 Å². The van der Waals surface area contributed by atoms with Crippen LogP contribution in [0.5, 0.6) is 0 Å². The van der Waals surface area contributed by atoms with Crippen LogP contribution < -0.4 is 10.2 Å². The third kappa shape index (κ3) is 3.60. The second-order valence-electron chi connectivity index (χ2n) is 4.91. The first kappa shape index (κ1) is 16.4. The summed E-state index contributed by atoms with van der Waals surface area (Å²) in [5.41, 5.74) is 0.903. The van der Waals surface area contributed by atoms with Crippen LogP contribution in [0.2, 0.25) is 0 Å². The molecule has 1 aliphatic heterocycles. The lowest BCUT2D eigenvalue weighted by atomic mass is 10.3. The van der Waals surface area contributed by atoms with E-state index in [0.29, 0.717) is 18.2 Å². The average Bonchev–Trinajstić information content (AvgIpc) is 2.49. The average molecular weight is 330 g/mol. The van der Waals surface area contributed by atoms with E-state index >= 15 is 0 Å². The number of aromatic nitrogens is 2. The Hall–Kier alpha value is -1.02. The molecule has 0 spiro atoms. The van der Waals surface area contributed by atoms with Crippen molar-refractivity contribution >= 4 is 33.4 Å². The highest BCUT2D eigenvalue weighted by atomic mass is 32.2. The van der Waals surface area contributed by atoms with Crippen LogP contribution in [0.25, 0.3) is 0 Å². The molecule has 1 N–H and O–H groups in total. The second kappa shape index (κ2) is 6.83. The maximum Gasteiger partial charge on any atom is 0.224 e. The molecule has 1 fully saturated rings. The van der Waals surface area contributed by atoms with Gasteiger partial charge in [0.15, 0.2) is 9.84 Å². The van der Waals surface area contributed by atoms with Gasteiger partial charge in [-0.2, -0.15) is 16.7 Å². The van der Waals surface area contributed by atoms with Gasteiger partial charge < -0.3 is 10.2 Å². The van der Waals surface area contributed by atoms with Crippen LogP contribution in [0.15, 0.2) is 6.20 Å². The Morgan fingerprint density at radius 1 is 1.48 bits per heavy atom. The maximum atomic E-state index is 12.3. The van der Waals surface area contributed by atoms with Gasteiger partial charge in [0, 0.05) is 42.1 Å². The van der Waals surface area contributed by atoms with Crippen molar-refractivity contribution in [1.29, 1.82) is 0 Å². The van der Waals surface area contributed by atoms with Gasteiger partial charge in [-0.15, -0.1) is 0 Å². The summed E-state index contributed by atoms with van der Waals surface area (Å²) in [4.78, 5) is 10.7. The molecule has 8 heteroatoms. The fourth-order valence-corrected chi connectivity index (χ4v) is 5.25. The number of sulfone groups is 1. The van der Waals surface area contributed by atoms with Crippen molar-refractivity contribution < 1.29 is 8.42 Å². The first-order valence-electron chi connectivity index (χ1n) is 7.13. The molecule has 118 valence electrons. The summed E-state index contributed by atoms with van der Waals surface area (Å²) in [6.45, 7) is 7.02. The molecule has 1 aliphatic rings. The van der Waals surface area contributed by atoms with E-state index in [1.807, 2.05) is 18.7 Å². The van der Waals surface area contributed by atoms with Crippen molar-refractivity contribution in [2.75, 3.05) is 40.6 Å². The van der Waals surface area contributed by atoms with E-state index in [1.54, 1.807) is 24.9 Å². The Balaban J connectivity index is 2.39. The topological polar surface area (TPSA) is 75.2 Å². The number of aryl methyl sites for hydroxylation is 1. The van der Waals surface area contributed by atoms with E-state index in [4.69, 9.17) is 0 Å². The highest BCUT2D eigenvalue weighted by Gasteiger charge is 2.34. The number of hydrogen-bond acceptors (Lipinski definition) is 7. The van der Waals surface area contributed by atoms with Gasteiger partial charge >= 0.3 is 0 Å². The molecule has 0 saturated carbocycles. The number of rotatable bonds is 5. The van der Waals surface area contributed by atoms with Crippen LogP contribution in [-0.4, -0.2) is 54.1 Å². The zero-order chi connectivity index (χ0) is 15.5. The smallest absolute Gasteiger partial charge is 0.224 e. The summed E-state index contributed by atoms with van der Waals surface area (Å²) in [6.07, 6.45) is 1.75. The van der Waals surface area contributed by atoms with E-state index in [2.05, 4.69) is 15.3 Å². The van der Waals surface area contributed by atoms with Crippen LogP contribution in [0.3, 0.4) is 0 Å². The van der Waals surface area contributed by atoms with E-state index in [0.717, 1.165) is 23.7 Å². The number of hydrogen-bond donors (Lipinski definition) is 1. The zero-order valence-electron chi connectivity index (χ0n) is 12.7. The zero-order valence-corrected chi connectivity index (χ0v) is 14.3. The van der Waals surface area contributed by atoms with Gasteiger partial charge in [-0.05, 0) is 13.8 Å². The molecule has 1 saturated heterocycles. The first-order valence-corrected chi connectivity index (χ1v) is 10.00. The lowest BCUT2D eigenvalue weighted by Crippen LogP contribution is -2.48. The third-order valence-electron chi connectivity index (χ3n) is 3.45. The van der Waals surface area contributed by atoms with E-state index in [1.165, 1.54) is 0 Å². The van der Waals surface area contributed by atoms with Crippen molar-refractivity contribution in [1.82, 2.24) is 9.97 Å². The highest BCUT2D eigenvalue weighted by Crippen LogP contribution is 2.28. The van der Waals surface area contributed by atoms with Crippen molar-refractivity contribution in [2.24, 2.45) is 0 Å². The van der Waals surface area contributed by atoms with Crippen molar-refractivity contribution in [3.8, 4) is 0 Å². The number of nitrogens with zero attached hydrogens (tertiary/aromatic N) is 3. The van der Waals surface area contributed by atoms with Gasteiger partial charge in [0.1, 0.15) is 11.2 Å². The lowest BCUT2D eigenvalue weighted by Gasteiger charge is -2.36. The molecular formula is C13H22N4O2S2. The van der Waals surface area contributed by atoms with Crippen LogP contribution in [0.4, 0.5) is 11.8 Å². The molecule has 0 aromatic carbocycles. The van der Waals surface area contributed by atoms with Gasteiger partial charge in [0.25, 0.3) is 0 Å². The molecule has 6 nitrogen and oxygen atoms in total. The van der Waals surface area contributed by atoms with Crippen LogP contribution >= 0.6 is 11.8 Å². The Morgan fingerprint density at radius 3 is 2.90 bits per heavy atom. The number of anilines is 2. The normalized spacial score (nSPS) is 19.6. The van der Waals surface area contributed by atoms with E-state index < -0.39 is 15.2 Å². The van der Waals surface area contributed by atoms with Crippen LogP contribution in [0, 0.1) is 6.92 Å². The Morgan fingerprint density at radius 2 is 2.24 bits per heavy atom. The van der Waals surface area contributed by atoms with E-state index in [9.17, 15) is 8.42 Å². The minimum atomic E-state index is -3.14. The molecule has 1 aromatic rings. The predicted molar refractivity (Wildman–Crippen MR) is 88.9 cm³/mol. The molecule has 1 unspecified atom stereocenters. The maximum absolute atomic E-state index is 12.3. The lowest BCUT2D eigenvalue weighted by molar-refractivity contribution is 0.578. The summed E-state index contributed by atoms with van der Waals surface area (Å²) in [5, 5.41) is 2.58. The molecule has 2 rings (SSSR count). The minimum Gasteiger partial charge on any atom is -0.354 e. The molecule has 0 radical (unpaired) electrons. The molecule has 21 heavy (non-hydrogen) atoms. The number of nitrogens with one attached hydrogen (secondary N) is 1. The second-order valence-corrected chi connectivity index (χ2v) is 8.50. The summed E-state index contributed by atoms with van der Waals surface area (Å²) in [7, 11) is -3.14. The SMILES string of the molecule is CCNc1ncc(C)c(N2CCSCC2S(=O)(=O)CC)n1. The molecule has 0 aliphatic carbocycles. The Bertz CT molecular complexity index is 592. The van der Waals surface area contributed by atoms with Gasteiger partial charge in [-0.25, -0.2) is 13.4 Å². The molecular weight excluding hydrogens is 308 g/mol.